The largest absolute Gasteiger partial charge is 0.481 e. The maximum absolute atomic E-state index is 12.2. The summed E-state index contributed by atoms with van der Waals surface area (Å²) in [6.07, 6.45) is 2.00. The van der Waals surface area contributed by atoms with E-state index in [-0.39, 0.29) is 11.8 Å². The molecule has 0 unspecified atom stereocenters. The van der Waals surface area contributed by atoms with Gasteiger partial charge in [0, 0.05) is 32.4 Å². The van der Waals surface area contributed by atoms with Crippen molar-refractivity contribution < 1.29 is 14.7 Å². The molecule has 1 aromatic rings. The highest BCUT2D eigenvalue weighted by molar-refractivity contribution is 6.36. The highest BCUT2D eigenvalue weighted by Gasteiger charge is 2.50. The molecule has 8 heteroatoms. The first-order valence-corrected chi connectivity index (χ1v) is 7.80. The molecule has 1 saturated carbocycles. The second-order valence-corrected chi connectivity index (χ2v) is 6.40. The molecule has 3 rings (SSSR count). The number of carbonyl (C=O) groups excluding carboxylic acids is 1. The third kappa shape index (κ3) is 2.98. The second kappa shape index (κ2) is 5.93. The summed E-state index contributed by atoms with van der Waals surface area (Å²) < 4.78 is 0. The van der Waals surface area contributed by atoms with Gasteiger partial charge in [-0.2, -0.15) is 0 Å². The smallest absolute Gasteiger partial charge is 0.307 e. The Bertz CT molecular complexity index is 617. The van der Waals surface area contributed by atoms with Crippen molar-refractivity contribution in [3.8, 4) is 0 Å². The van der Waals surface area contributed by atoms with Crippen molar-refractivity contribution in [1.82, 2.24) is 9.88 Å². The molecular weight excluding hydrogens is 329 g/mol. The zero-order chi connectivity index (χ0) is 15.9. The summed E-state index contributed by atoms with van der Waals surface area (Å²) in [4.78, 5) is 31.0. The van der Waals surface area contributed by atoms with Crippen LogP contribution in [0.2, 0.25) is 10.0 Å². The first kappa shape index (κ1) is 15.4. The van der Waals surface area contributed by atoms with Crippen molar-refractivity contribution in [3.05, 3.63) is 22.3 Å². The highest BCUT2D eigenvalue weighted by Crippen LogP contribution is 2.40. The third-order valence-corrected chi connectivity index (χ3v) is 4.59. The number of carbonyl (C=O) groups is 2. The Balaban J connectivity index is 1.59. The van der Waals surface area contributed by atoms with Crippen LogP contribution >= 0.6 is 23.2 Å². The number of aromatic nitrogens is 1. The number of carboxylic acid groups (broad SMARTS) is 1. The van der Waals surface area contributed by atoms with Crippen LogP contribution in [-0.4, -0.2) is 53.0 Å². The third-order valence-electron chi connectivity index (χ3n) is 4.10. The van der Waals surface area contributed by atoms with Crippen LogP contribution in [0, 0.1) is 11.8 Å². The first-order valence-electron chi connectivity index (χ1n) is 7.05. The van der Waals surface area contributed by atoms with Gasteiger partial charge in [-0.25, -0.2) is 4.98 Å². The molecule has 1 aliphatic heterocycles. The number of aliphatic carboxylic acids is 1. The molecule has 6 nitrogen and oxygen atoms in total. The molecule has 0 radical (unpaired) electrons. The minimum Gasteiger partial charge on any atom is -0.481 e. The zero-order valence-electron chi connectivity index (χ0n) is 11.7. The van der Waals surface area contributed by atoms with Crippen LogP contribution in [0.4, 0.5) is 5.82 Å². The van der Waals surface area contributed by atoms with Gasteiger partial charge in [0.2, 0.25) is 5.91 Å². The molecule has 1 aromatic heterocycles. The molecule has 118 valence electrons. The Morgan fingerprint density at radius 3 is 2.41 bits per heavy atom. The van der Waals surface area contributed by atoms with Gasteiger partial charge in [0.25, 0.3) is 0 Å². The Morgan fingerprint density at radius 1 is 1.18 bits per heavy atom. The second-order valence-electron chi connectivity index (χ2n) is 5.56. The van der Waals surface area contributed by atoms with Gasteiger partial charge in [-0.05, 0) is 12.5 Å². The van der Waals surface area contributed by atoms with Crippen molar-refractivity contribution in [2.45, 2.75) is 6.42 Å². The molecule has 2 fully saturated rings. The molecule has 0 bridgehead atoms. The van der Waals surface area contributed by atoms with E-state index in [0.717, 1.165) is 0 Å². The summed E-state index contributed by atoms with van der Waals surface area (Å²) in [6, 6.07) is 1.64. The SMILES string of the molecule is O=C(O)[C@@H]1C[C@@H]1C(=O)N1CCN(c2ncc(Cl)cc2Cl)CC1. The number of rotatable bonds is 3. The number of carboxylic acids is 1. The van der Waals surface area contributed by atoms with Crippen LogP contribution in [0.25, 0.3) is 0 Å². The summed E-state index contributed by atoms with van der Waals surface area (Å²) >= 11 is 12.0. The van der Waals surface area contributed by atoms with Gasteiger partial charge in [-0.3, -0.25) is 9.59 Å². The highest BCUT2D eigenvalue weighted by atomic mass is 35.5. The normalized spacial score (nSPS) is 24.3. The predicted octanol–water partition coefficient (Wildman–Crippen LogP) is 1.76. The molecule has 1 amide bonds. The standard InChI is InChI=1S/C14H15Cl2N3O3/c15-8-5-11(16)12(17-7-8)18-1-3-19(4-2-18)13(20)9-6-10(9)14(21)22/h5,7,9-10H,1-4,6H2,(H,21,22)/t9-,10+/m0/s1. The van der Waals surface area contributed by atoms with Crippen LogP contribution in [0.1, 0.15) is 6.42 Å². The van der Waals surface area contributed by atoms with E-state index in [1.54, 1.807) is 17.2 Å². The van der Waals surface area contributed by atoms with E-state index >= 15 is 0 Å². The average molecular weight is 344 g/mol. The molecule has 2 aliphatic rings. The van der Waals surface area contributed by atoms with E-state index < -0.39 is 11.9 Å². The average Bonchev–Trinajstić information content (AvgIpc) is 3.27. The van der Waals surface area contributed by atoms with Gasteiger partial charge in [0.1, 0.15) is 5.82 Å². The molecule has 1 N–H and O–H groups in total. The van der Waals surface area contributed by atoms with Gasteiger partial charge in [-0.1, -0.05) is 23.2 Å². The van der Waals surface area contributed by atoms with Crippen LogP contribution in [0.3, 0.4) is 0 Å². The summed E-state index contributed by atoms with van der Waals surface area (Å²) in [6.45, 7) is 2.32. The fourth-order valence-electron chi connectivity index (χ4n) is 2.75. The molecule has 2 atom stereocenters. The predicted molar refractivity (Wildman–Crippen MR) is 82.3 cm³/mol. The molecule has 1 aliphatic carbocycles. The number of amides is 1. The summed E-state index contributed by atoms with van der Waals surface area (Å²) in [5, 5.41) is 9.87. The van der Waals surface area contributed by atoms with Gasteiger partial charge in [0.15, 0.2) is 0 Å². The summed E-state index contributed by atoms with van der Waals surface area (Å²) in [7, 11) is 0. The van der Waals surface area contributed by atoms with Crippen molar-refractivity contribution >= 4 is 40.9 Å². The fraction of sp³-hybridized carbons (Fsp3) is 0.500. The van der Waals surface area contributed by atoms with E-state index in [2.05, 4.69) is 4.98 Å². The number of hydrogen-bond donors (Lipinski definition) is 1. The number of hydrogen-bond acceptors (Lipinski definition) is 4. The number of anilines is 1. The maximum atomic E-state index is 12.2. The van der Waals surface area contributed by atoms with E-state index in [0.29, 0.717) is 48.5 Å². The number of pyridine rings is 1. The molecule has 2 heterocycles. The van der Waals surface area contributed by atoms with Crippen LogP contribution < -0.4 is 4.90 Å². The van der Waals surface area contributed by atoms with E-state index in [1.807, 2.05) is 4.90 Å². The number of halogens is 2. The molecule has 1 saturated heterocycles. The van der Waals surface area contributed by atoms with Crippen LogP contribution in [0.15, 0.2) is 12.3 Å². The topological polar surface area (TPSA) is 73.7 Å². The van der Waals surface area contributed by atoms with Gasteiger partial charge in [-0.15, -0.1) is 0 Å². The van der Waals surface area contributed by atoms with Gasteiger partial charge < -0.3 is 14.9 Å². The first-order chi connectivity index (χ1) is 10.5. The van der Waals surface area contributed by atoms with E-state index in [1.165, 1.54) is 0 Å². The summed E-state index contributed by atoms with van der Waals surface area (Å²) in [5.41, 5.74) is 0. The van der Waals surface area contributed by atoms with Gasteiger partial charge in [0.05, 0.1) is 21.9 Å². The van der Waals surface area contributed by atoms with Crippen LogP contribution in [0.5, 0.6) is 0 Å². The van der Waals surface area contributed by atoms with E-state index in [4.69, 9.17) is 28.3 Å². The Labute approximate surface area is 137 Å². The van der Waals surface area contributed by atoms with Crippen molar-refractivity contribution in [1.29, 1.82) is 0 Å². The quantitative estimate of drug-likeness (QED) is 0.905. The molecule has 0 spiro atoms. The Hall–Kier alpha value is -1.53. The lowest BCUT2D eigenvalue weighted by molar-refractivity contribution is -0.142. The van der Waals surface area contributed by atoms with Crippen LogP contribution in [-0.2, 0) is 9.59 Å². The maximum Gasteiger partial charge on any atom is 0.307 e. The van der Waals surface area contributed by atoms with Crippen molar-refractivity contribution in [2.75, 3.05) is 31.1 Å². The molecule has 22 heavy (non-hydrogen) atoms. The van der Waals surface area contributed by atoms with E-state index in [9.17, 15) is 9.59 Å². The minimum atomic E-state index is -0.880. The Morgan fingerprint density at radius 2 is 1.86 bits per heavy atom. The lowest BCUT2D eigenvalue weighted by Gasteiger charge is -2.35. The van der Waals surface area contributed by atoms with Gasteiger partial charge >= 0.3 is 5.97 Å². The number of nitrogens with zero attached hydrogens (tertiary/aromatic N) is 3. The monoisotopic (exact) mass is 343 g/mol. The minimum absolute atomic E-state index is 0.0535. The Kier molecular flexibility index (Phi) is 4.14. The van der Waals surface area contributed by atoms with Crippen molar-refractivity contribution in [2.24, 2.45) is 11.8 Å². The molecular formula is C14H15Cl2N3O3. The van der Waals surface area contributed by atoms with Crippen molar-refractivity contribution in [3.63, 3.8) is 0 Å². The lowest BCUT2D eigenvalue weighted by atomic mass is 10.2. The fourth-order valence-corrected chi connectivity index (χ4v) is 3.25. The molecule has 0 aromatic carbocycles. The summed E-state index contributed by atoms with van der Waals surface area (Å²) in [5.74, 6) is -1.12. The lowest BCUT2D eigenvalue weighted by Crippen LogP contribution is -2.49. The number of piperazine rings is 1. The zero-order valence-corrected chi connectivity index (χ0v) is 13.2.